The van der Waals surface area contributed by atoms with Crippen molar-refractivity contribution in [2.24, 2.45) is 0 Å². The molecule has 100 valence electrons. The van der Waals surface area contributed by atoms with Crippen molar-refractivity contribution in [3.8, 4) is 11.1 Å². The Morgan fingerprint density at radius 3 is 2.35 bits per heavy atom. The second kappa shape index (κ2) is 4.35. The summed E-state index contributed by atoms with van der Waals surface area (Å²) < 4.78 is 0. The number of fused-ring (bicyclic) bond motifs is 3. The van der Waals surface area contributed by atoms with Gasteiger partial charge in [0.05, 0.1) is 16.1 Å². The summed E-state index contributed by atoms with van der Waals surface area (Å²) in [7, 11) is 0. The number of hydrogen-bond donors (Lipinski definition) is 2. The van der Waals surface area contributed by atoms with Gasteiger partial charge in [0, 0.05) is 6.42 Å². The molecule has 3 rings (SSSR count). The third-order valence-corrected chi connectivity index (χ3v) is 3.91. The van der Waals surface area contributed by atoms with Crippen molar-refractivity contribution < 1.29 is 19.8 Å². The standard InChI is InChI=1S/C15H9ClO4/c16-13-11(15(19)20)4-3-10-9-2-1-7(14(17)18)5-8(9)6-12(10)13/h1-5H,6H2,(H,17,18)(H,19,20). The first-order valence-electron chi connectivity index (χ1n) is 5.90. The third kappa shape index (κ3) is 1.77. The van der Waals surface area contributed by atoms with Gasteiger partial charge < -0.3 is 10.2 Å². The minimum Gasteiger partial charge on any atom is -0.478 e. The molecule has 0 fully saturated rings. The number of halogens is 1. The largest absolute Gasteiger partial charge is 0.478 e. The molecule has 0 spiro atoms. The topological polar surface area (TPSA) is 74.6 Å². The quantitative estimate of drug-likeness (QED) is 0.758. The molecule has 0 aromatic heterocycles. The predicted octanol–water partition coefficient (Wildman–Crippen LogP) is 3.31. The molecule has 0 saturated heterocycles. The maximum absolute atomic E-state index is 11.1. The summed E-state index contributed by atoms with van der Waals surface area (Å²) in [5, 5.41) is 18.3. The van der Waals surface area contributed by atoms with E-state index in [1.807, 2.05) is 0 Å². The van der Waals surface area contributed by atoms with Gasteiger partial charge >= 0.3 is 11.9 Å². The van der Waals surface area contributed by atoms with Gasteiger partial charge in [0.25, 0.3) is 0 Å². The highest BCUT2D eigenvalue weighted by atomic mass is 35.5. The van der Waals surface area contributed by atoms with E-state index in [0.717, 1.165) is 22.3 Å². The Bertz CT molecular complexity index is 765. The van der Waals surface area contributed by atoms with E-state index in [1.54, 1.807) is 18.2 Å². The smallest absolute Gasteiger partial charge is 0.337 e. The van der Waals surface area contributed by atoms with Gasteiger partial charge in [0.1, 0.15) is 0 Å². The number of benzene rings is 2. The van der Waals surface area contributed by atoms with Gasteiger partial charge in [-0.15, -0.1) is 0 Å². The monoisotopic (exact) mass is 288 g/mol. The summed E-state index contributed by atoms with van der Waals surface area (Å²) in [4.78, 5) is 22.1. The third-order valence-electron chi connectivity index (χ3n) is 3.48. The number of aromatic carboxylic acids is 2. The molecule has 4 nitrogen and oxygen atoms in total. The van der Waals surface area contributed by atoms with Crippen LogP contribution in [0.5, 0.6) is 0 Å². The molecule has 0 unspecified atom stereocenters. The van der Waals surface area contributed by atoms with Crippen LogP contribution in [0.15, 0.2) is 30.3 Å². The van der Waals surface area contributed by atoms with Crippen LogP contribution in [0.2, 0.25) is 5.02 Å². The van der Waals surface area contributed by atoms with Crippen LogP contribution >= 0.6 is 11.6 Å². The summed E-state index contributed by atoms with van der Waals surface area (Å²) in [5.74, 6) is -2.05. The van der Waals surface area contributed by atoms with E-state index in [4.69, 9.17) is 21.8 Å². The molecule has 2 N–H and O–H groups in total. The predicted molar refractivity (Wildman–Crippen MR) is 73.6 cm³/mol. The zero-order chi connectivity index (χ0) is 14.4. The van der Waals surface area contributed by atoms with E-state index in [0.29, 0.717) is 6.42 Å². The Hall–Kier alpha value is -2.33. The highest BCUT2D eigenvalue weighted by molar-refractivity contribution is 6.35. The summed E-state index contributed by atoms with van der Waals surface area (Å²) in [6.07, 6.45) is 0.450. The fraction of sp³-hybridized carbons (Fsp3) is 0.0667. The van der Waals surface area contributed by atoms with E-state index in [-0.39, 0.29) is 16.1 Å². The van der Waals surface area contributed by atoms with Gasteiger partial charge in [-0.2, -0.15) is 0 Å². The SMILES string of the molecule is O=C(O)c1ccc2c(c1)Cc1c-2ccc(C(=O)O)c1Cl. The molecule has 1 aliphatic rings. The Morgan fingerprint density at radius 1 is 1.00 bits per heavy atom. The second-order valence-corrected chi connectivity index (χ2v) is 4.99. The molecule has 0 heterocycles. The molecule has 2 aromatic carbocycles. The molecule has 0 aliphatic heterocycles. The van der Waals surface area contributed by atoms with Gasteiger partial charge in [0.2, 0.25) is 0 Å². The molecule has 2 aromatic rings. The fourth-order valence-electron chi connectivity index (χ4n) is 2.54. The molecule has 0 bridgehead atoms. The average Bonchev–Trinajstić information content (AvgIpc) is 2.77. The highest BCUT2D eigenvalue weighted by Crippen LogP contribution is 2.41. The van der Waals surface area contributed by atoms with Crippen molar-refractivity contribution in [3.05, 3.63) is 57.6 Å². The van der Waals surface area contributed by atoms with Gasteiger partial charge in [0.15, 0.2) is 0 Å². The van der Waals surface area contributed by atoms with Crippen LogP contribution in [0, 0.1) is 0 Å². The Kier molecular flexibility index (Phi) is 2.76. The first-order chi connectivity index (χ1) is 9.49. The highest BCUT2D eigenvalue weighted by Gasteiger charge is 2.24. The van der Waals surface area contributed by atoms with Gasteiger partial charge in [-0.05, 0) is 40.5 Å². The van der Waals surface area contributed by atoms with Crippen LogP contribution < -0.4 is 0 Å². The Morgan fingerprint density at radius 2 is 1.70 bits per heavy atom. The van der Waals surface area contributed by atoms with Crippen LogP contribution in [0.3, 0.4) is 0 Å². The lowest BCUT2D eigenvalue weighted by Crippen LogP contribution is -1.99. The average molecular weight is 289 g/mol. The van der Waals surface area contributed by atoms with Crippen LogP contribution in [0.1, 0.15) is 31.8 Å². The molecule has 0 saturated carbocycles. The van der Waals surface area contributed by atoms with Gasteiger partial charge in [-0.3, -0.25) is 0 Å². The summed E-state index contributed by atoms with van der Waals surface area (Å²) in [6.45, 7) is 0. The number of hydrogen-bond acceptors (Lipinski definition) is 2. The van der Waals surface area contributed by atoms with E-state index in [2.05, 4.69) is 0 Å². The summed E-state index contributed by atoms with van der Waals surface area (Å²) >= 11 is 6.14. The maximum Gasteiger partial charge on any atom is 0.337 e. The number of carbonyl (C=O) groups is 2. The molecule has 1 aliphatic carbocycles. The van der Waals surface area contributed by atoms with E-state index >= 15 is 0 Å². The molecular weight excluding hydrogens is 280 g/mol. The van der Waals surface area contributed by atoms with E-state index < -0.39 is 11.9 Å². The molecule has 0 atom stereocenters. The van der Waals surface area contributed by atoms with Crippen molar-refractivity contribution in [2.75, 3.05) is 0 Å². The molecule has 5 heteroatoms. The van der Waals surface area contributed by atoms with Crippen molar-refractivity contribution in [2.45, 2.75) is 6.42 Å². The molecule has 20 heavy (non-hydrogen) atoms. The second-order valence-electron chi connectivity index (χ2n) is 4.61. The number of carboxylic acids is 2. The zero-order valence-corrected chi connectivity index (χ0v) is 10.9. The minimum atomic E-state index is -1.07. The van der Waals surface area contributed by atoms with Crippen LogP contribution in [0.25, 0.3) is 11.1 Å². The summed E-state index contributed by atoms with van der Waals surface area (Å²) in [6, 6.07) is 8.08. The number of rotatable bonds is 2. The lowest BCUT2D eigenvalue weighted by Gasteiger charge is -2.05. The van der Waals surface area contributed by atoms with Gasteiger partial charge in [-0.1, -0.05) is 23.7 Å². The van der Waals surface area contributed by atoms with E-state index in [1.165, 1.54) is 12.1 Å². The Labute approximate surface area is 119 Å². The fourth-order valence-corrected chi connectivity index (χ4v) is 2.85. The minimum absolute atomic E-state index is 0.0664. The maximum atomic E-state index is 11.1. The van der Waals surface area contributed by atoms with Crippen LogP contribution in [-0.2, 0) is 6.42 Å². The zero-order valence-electron chi connectivity index (χ0n) is 10.2. The normalized spacial score (nSPS) is 11.8. The molecule has 0 radical (unpaired) electrons. The molecular formula is C15H9ClO4. The van der Waals surface area contributed by atoms with Crippen molar-refractivity contribution >= 4 is 23.5 Å². The summed E-state index contributed by atoms with van der Waals surface area (Å²) in [5.41, 5.74) is 3.65. The van der Waals surface area contributed by atoms with Crippen molar-refractivity contribution in [3.63, 3.8) is 0 Å². The Balaban J connectivity index is 2.17. The van der Waals surface area contributed by atoms with Crippen molar-refractivity contribution in [1.82, 2.24) is 0 Å². The lowest BCUT2D eigenvalue weighted by atomic mass is 10.0. The van der Waals surface area contributed by atoms with Gasteiger partial charge in [-0.25, -0.2) is 9.59 Å². The van der Waals surface area contributed by atoms with Crippen LogP contribution in [0.4, 0.5) is 0 Å². The van der Waals surface area contributed by atoms with Crippen molar-refractivity contribution in [1.29, 1.82) is 0 Å². The van der Waals surface area contributed by atoms with Crippen LogP contribution in [-0.4, -0.2) is 22.2 Å². The number of carboxylic acid groups (broad SMARTS) is 2. The lowest BCUT2D eigenvalue weighted by molar-refractivity contribution is 0.0686. The van der Waals surface area contributed by atoms with E-state index in [9.17, 15) is 9.59 Å². The first-order valence-corrected chi connectivity index (χ1v) is 6.28. The molecule has 0 amide bonds. The first kappa shape index (κ1) is 12.7.